The van der Waals surface area contributed by atoms with Crippen molar-refractivity contribution < 1.29 is 77.6 Å². The van der Waals surface area contributed by atoms with Gasteiger partial charge in [-0.05, 0) is 106 Å². The monoisotopic (exact) mass is 1230 g/mol. The molecule has 2 amide bonds. The Labute approximate surface area is 472 Å². The van der Waals surface area contributed by atoms with Crippen molar-refractivity contribution in [3.63, 3.8) is 0 Å². The molecule has 8 atom stereocenters. The molecule has 10 N–H and O–H groups in total. The Hall–Kier alpha value is -6.21. The molecule has 27 heteroatoms. The van der Waals surface area contributed by atoms with Crippen LogP contribution in [0.15, 0.2) is 22.0 Å². The van der Waals surface area contributed by atoms with Gasteiger partial charge in [0.25, 0.3) is 0 Å². The number of anilines is 2. The van der Waals surface area contributed by atoms with Crippen LogP contribution in [0.2, 0.25) is 0 Å². The summed E-state index contributed by atoms with van der Waals surface area (Å²) in [6.45, 7) is 19.7. The van der Waals surface area contributed by atoms with Crippen LogP contribution in [0.3, 0.4) is 0 Å². The van der Waals surface area contributed by atoms with E-state index in [0.29, 0.717) is 3.57 Å². The molecule has 2 aromatic heterocycles. The van der Waals surface area contributed by atoms with E-state index >= 15 is 0 Å². The highest BCUT2D eigenvalue weighted by Crippen LogP contribution is 2.29. The van der Waals surface area contributed by atoms with Crippen molar-refractivity contribution in [1.82, 2.24) is 29.7 Å². The SMILES string of the molecule is C#CCCC(=O)NC(CC(=O)OC(C)(C)C)C(=O)OC(C)(C)C.CC(C)(C)OC(=O)CC(NC(=O)CCC#Cc1cn([C@H]2CC(O)[C@@H](CO)O2)c(=O)nc1N)C(=O)OC(C)(C)C.Nc1nc(=O)n([C@H]2CC(O)[C@@H](CO)O2)cc1I. The lowest BCUT2D eigenvalue weighted by atomic mass is 10.1. The van der Waals surface area contributed by atoms with E-state index in [9.17, 15) is 53.7 Å². The molecule has 2 aromatic rings. The Morgan fingerprint density at radius 1 is 0.684 bits per heavy atom. The molecule has 2 aliphatic rings. The van der Waals surface area contributed by atoms with Crippen molar-refractivity contribution in [3.8, 4) is 24.2 Å². The first kappa shape index (κ1) is 68.9. The lowest BCUT2D eigenvalue weighted by Gasteiger charge is -2.25. The van der Waals surface area contributed by atoms with Crippen molar-refractivity contribution in [3.05, 3.63) is 42.5 Å². The predicted molar refractivity (Wildman–Crippen MR) is 292 cm³/mol. The number of aliphatic hydroxyl groups is 4. The fourth-order valence-electron chi connectivity index (χ4n) is 6.83. The van der Waals surface area contributed by atoms with Crippen molar-refractivity contribution in [2.45, 2.75) is 206 Å². The van der Waals surface area contributed by atoms with Gasteiger partial charge in [-0.15, -0.1) is 12.3 Å². The summed E-state index contributed by atoms with van der Waals surface area (Å²) in [5, 5.41) is 42.7. The second kappa shape index (κ2) is 30.4. The Morgan fingerprint density at radius 3 is 1.43 bits per heavy atom. The van der Waals surface area contributed by atoms with E-state index in [0.717, 1.165) is 4.57 Å². The first-order chi connectivity index (χ1) is 36.3. The van der Waals surface area contributed by atoms with E-state index in [2.05, 4.69) is 38.4 Å². The van der Waals surface area contributed by atoms with E-state index in [-0.39, 0.29) is 68.8 Å². The third kappa shape index (κ3) is 25.6. The van der Waals surface area contributed by atoms with Crippen molar-refractivity contribution in [2.24, 2.45) is 0 Å². The molecule has 2 fully saturated rings. The van der Waals surface area contributed by atoms with Gasteiger partial charge in [0.05, 0.1) is 47.4 Å². The van der Waals surface area contributed by atoms with E-state index in [1.165, 1.54) is 17.0 Å². The summed E-state index contributed by atoms with van der Waals surface area (Å²) in [6, 6.07) is -2.35. The van der Waals surface area contributed by atoms with Crippen LogP contribution in [0.25, 0.3) is 0 Å². The number of aromatic nitrogens is 4. The Kier molecular flexibility index (Phi) is 26.5. The molecule has 4 heterocycles. The minimum Gasteiger partial charge on any atom is -0.460 e. The number of nitrogen functional groups attached to an aromatic ring is 2. The maximum absolute atomic E-state index is 12.6. The molecule has 0 aliphatic carbocycles. The van der Waals surface area contributed by atoms with E-state index < -0.39 is 131 Å². The van der Waals surface area contributed by atoms with Crippen molar-refractivity contribution in [2.75, 3.05) is 24.7 Å². The van der Waals surface area contributed by atoms with Crippen LogP contribution >= 0.6 is 22.6 Å². The minimum absolute atomic E-state index is 0.0586. The molecule has 26 nitrogen and oxygen atoms in total. The maximum Gasteiger partial charge on any atom is 0.351 e. The number of nitrogens with two attached hydrogens (primary N) is 2. The number of esters is 4. The van der Waals surface area contributed by atoms with Crippen LogP contribution in [-0.4, -0.2) is 147 Å². The van der Waals surface area contributed by atoms with Gasteiger partial charge in [0.15, 0.2) is 0 Å². The molecule has 0 radical (unpaired) electrons. The number of halogens is 1. The van der Waals surface area contributed by atoms with Crippen LogP contribution in [-0.2, 0) is 57.2 Å². The molecule has 2 saturated heterocycles. The number of aliphatic hydroxyl groups excluding tert-OH is 4. The zero-order valence-electron chi connectivity index (χ0n) is 46.7. The average molecular weight is 1230 g/mol. The molecular formula is C52H77IN8O18. The zero-order chi connectivity index (χ0) is 60.4. The van der Waals surface area contributed by atoms with Gasteiger partial charge < -0.3 is 70.9 Å². The van der Waals surface area contributed by atoms with E-state index in [1.807, 2.05) is 22.6 Å². The Morgan fingerprint density at radius 2 is 1.06 bits per heavy atom. The minimum atomic E-state index is -1.24. The number of amides is 2. The average Bonchev–Trinajstić information content (AvgIpc) is 3.87. The third-order valence-electron chi connectivity index (χ3n) is 10.1. The third-order valence-corrected chi connectivity index (χ3v) is 11.0. The number of ether oxygens (including phenoxy) is 6. The van der Waals surface area contributed by atoms with Crippen LogP contribution < -0.4 is 33.5 Å². The number of carbonyl (C=O) groups excluding carboxylic acids is 6. The van der Waals surface area contributed by atoms with Gasteiger partial charge in [-0.25, -0.2) is 19.2 Å². The van der Waals surface area contributed by atoms with Gasteiger partial charge in [-0.3, -0.25) is 28.3 Å². The van der Waals surface area contributed by atoms with Crippen LogP contribution in [0.5, 0.6) is 0 Å². The number of rotatable bonds is 16. The molecule has 0 bridgehead atoms. The van der Waals surface area contributed by atoms with Gasteiger partial charge in [0, 0.05) is 50.9 Å². The zero-order valence-corrected chi connectivity index (χ0v) is 48.9. The summed E-state index contributed by atoms with van der Waals surface area (Å²) in [5.74, 6) is 4.25. The predicted octanol–water partition coefficient (Wildman–Crippen LogP) is 1.19. The molecule has 0 spiro atoms. The molecule has 440 valence electrons. The summed E-state index contributed by atoms with van der Waals surface area (Å²) in [7, 11) is 0. The standard InChI is InChI=1S/C26H38N4O9.C17H27NO5.C9H12IN3O4/c1-25(2,3)38-21(34)11-16(23(35)39-26(4,5)6)28-19(33)10-8-7-9-15-13-30(24(36)29-22(15)27)20-12-17(32)18(14-31)37-20;1-8-9-10-13(19)18-12(15(21)23-17(5,6)7)11-14(20)22-16(2,3)4;10-4-2-13(9(16)12-8(4)11)7-1-5(15)6(3-14)17-7/h13,16-18,20,31-32H,8,10-12,14H2,1-6H3,(H,28,33)(H2,27,29,36);1,12H,9-11H2,2-7H3,(H,18,19);2,5-7,14-15H,1,3H2,(H2,11,12,16)/t16?,17?,18-,20-;;5?,6-,7-/m1.1/s1. The molecule has 4 unspecified atom stereocenters. The lowest BCUT2D eigenvalue weighted by Crippen LogP contribution is -2.46. The van der Waals surface area contributed by atoms with Crippen LogP contribution in [0.4, 0.5) is 11.6 Å². The number of nitrogens with one attached hydrogen (secondary N) is 2. The number of hydrogen-bond donors (Lipinski definition) is 8. The number of carbonyl (C=O) groups is 6. The molecule has 0 aromatic carbocycles. The highest BCUT2D eigenvalue weighted by Gasteiger charge is 2.37. The van der Waals surface area contributed by atoms with E-state index in [1.54, 1.807) is 83.1 Å². The normalized spacial score (nSPS) is 19.7. The highest BCUT2D eigenvalue weighted by atomic mass is 127. The van der Waals surface area contributed by atoms with Crippen molar-refractivity contribution >= 4 is 69.9 Å². The summed E-state index contributed by atoms with van der Waals surface area (Å²) in [5.41, 5.74) is 7.30. The molecule has 4 rings (SSSR count). The second-order valence-electron chi connectivity index (χ2n) is 22.0. The van der Waals surface area contributed by atoms with Crippen LogP contribution in [0, 0.1) is 27.8 Å². The molecular weight excluding hydrogens is 1150 g/mol. The first-order valence-electron chi connectivity index (χ1n) is 25.1. The second-order valence-corrected chi connectivity index (χ2v) is 23.2. The Bertz CT molecular complexity index is 2670. The largest absolute Gasteiger partial charge is 0.460 e. The number of nitrogens with zero attached hydrogens (tertiary/aromatic N) is 4. The van der Waals surface area contributed by atoms with E-state index in [4.69, 9.17) is 51.4 Å². The molecule has 79 heavy (non-hydrogen) atoms. The van der Waals surface area contributed by atoms with Gasteiger partial charge in [-0.2, -0.15) is 9.97 Å². The lowest BCUT2D eigenvalue weighted by molar-refractivity contribution is -0.165. The quantitative estimate of drug-likeness (QED) is 0.0506. The number of hydrogen-bond acceptors (Lipinski definition) is 22. The summed E-state index contributed by atoms with van der Waals surface area (Å²) < 4.78 is 34.9. The summed E-state index contributed by atoms with van der Waals surface area (Å²) in [4.78, 5) is 105. The van der Waals surface area contributed by atoms with Crippen LogP contribution in [0.1, 0.15) is 152 Å². The summed E-state index contributed by atoms with van der Waals surface area (Å²) >= 11 is 1.96. The topological polar surface area (TPSA) is 385 Å². The smallest absolute Gasteiger partial charge is 0.351 e. The van der Waals surface area contributed by atoms with Gasteiger partial charge in [0.1, 0.15) is 70.8 Å². The van der Waals surface area contributed by atoms with Gasteiger partial charge in [-0.1, -0.05) is 11.8 Å². The summed E-state index contributed by atoms with van der Waals surface area (Å²) in [6.07, 6.45) is 3.18. The van der Waals surface area contributed by atoms with Gasteiger partial charge >= 0.3 is 35.3 Å². The highest BCUT2D eigenvalue weighted by molar-refractivity contribution is 14.1. The maximum atomic E-state index is 12.6. The van der Waals surface area contributed by atoms with Crippen molar-refractivity contribution in [1.29, 1.82) is 0 Å². The fraction of sp³-hybridized carbons (Fsp3) is 0.654. The first-order valence-corrected chi connectivity index (χ1v) is 26.2. The molecule has 2 aliphatic heterocycles. The Balaban J connectivity index is 0.000000449. The molecule has 0 saturated carbocycles. The van der Waals surface area contributed by atoms with Gasteiger partial charge in [0.2, 0.25) is 11.8 Å². The number of terminal acetylenes is 1. The fourth-order valence-corrected chi connectivity index (χ4v) is 7.25.